The Labute approximate surface area is 121 Å². The number of aryl methyl sites for hydroxylation is 1. The van der Waals surface area contributed by atoms with Gasteiger partial charge in [0.1, 0.15) is 24.8 Å². The average Bonchev–Trinajstić information content (AvgIpc) is 3.22. The maximum absolute atomic E-state index is 4.50. The van der Waals surface area contributed by atoms with Gasteiger partial charge in [-0.2, -0.15) is 10.2 Å². The van der Waals surface area contributed by atoms with E-state index in [2.05, 4.69) is 30.0 Å². The predicted molar refractivity (Wildman–Crippen MR) is 76.7 cm³/mol. The highest BCUT2D eigenvalue weighted by atomic mass is 15.4. The van der Waals surface area contributed by atoms with Gasteiger partial charge in [-0.25, -0.2) is 15.0 Å². The van der Waals surface area contributed by atoms with E-state index in [9.17, 15) is 0 Å². The Bertz CT molecular complexity index is 747. The lowest BCUT2D eigenvalue weighted by Crippen LogP contribution is -2.33. The number of nitrogens with zero attached hydrogens (tertiary/aromatic N) is 8. The standard InChI is InChI=1S/C13H16N8/c1-19-12-11(5-17-19)13(16-8-15-12)21-4-2-3-10(21)6-20-9-14-7-18-20/h5,7-10H,2-4,6H2,1H3/t10-/m0/s1. The van der Waals surface area contributed by atoms with E-state index >= 15 is 0 Å². The minimum atomic E-state index is 0.380. The largest absolute Gasteiger partial charge is 0.351 e. The molecule has 0 aliphatic carbocycles. The number of anilines is 1. The summed E-state index contributed by atoms with van der Waals surface area (Å²) in [5.41, 5.74) is 0.867. The van der Waals surface area contributed by atoms with Gasteiger partial charge >= 0.3 is 0 Å². The maximum atomic E-state index is 4.50. The van der Waals surface area contributed by atoms with Crippen molar-refractivity contribution in [2.45, 2.75) is 25.4 Å². The SMILES string of the molecule is Cn1ncc2c(N3CCC[C@H]3Cn3cncn3)ncnc21. The summed E-state index contributed by atoms with van der Waals surface area (Å²) in [7, 11) is 1.90. The van der Waals surface area contributed by atoms with Crippen molar-refractivity contribution in [3.63, 3.8) is 0 Å². The summed E-state index contributed by atoms with van der Waals surface area (Å²) in [6, 6.07) is 0.380. The Hall–Kier alpha value is -2.51. The number of aromatic nitrogens is 7. The lowest BCUT2D eigenvalue weighted by molar-refractivity contribution is 0.507. The molecule has 3 aromatic heterocycles. The summed E-state index contributed by atoms with van der Waals surface area (Å²) in [6.45, 7) is 1.83. The molecule has 108 valence electrons. The van der Waals surface area contributed by atoms with Crippen molar-refractivity contribution in [1.82, 2.24) is 34.5 Å². The highest BCUT2D eigenvalue weighted by Gasteiger charge is 2.28. The van der Waals surface area contributed by atoms with Crippen LogP contribution in [0.4, 0.5) is 5.82 Å². The fourth-order valence-corrected chi connectivity index (χ4v) is 3.03. The van der Waals surface area contributed by atoms with Crippen LogP contribution in [0.3, 0.4) is 0 Å². The second-order valence-electron chi connectivity index (χ2n) is 5.31. The fourth-order valence-electron chi connectivity index (χ4n) is 3.03. The number of rotatable bonds is 3. The van der Waals surface area contributed by atoms with Gasteiger partial charge in [0.2, 0.25) is 0 Å². The van der Waals surface area contributed by atoms with Gasteiger partial charge in [0, 0.05) is 13.6 Å². The van der Waals surface area contributed by atoms with Gasteiger partial charge in [0.15, 0.2) is 5.65 Å². The maximum Gasteiger partial charge on any atom is 0.163 e. The van der Waals surface area contributed by atoms with E-state index in [0.29, 0.717) is 6.04 Å². The summed E-state index contributed by atoms with van der Waals surface area (Å²) < 4.78 is 3.66. The van der Waals surface area contributed by atoms with Crippen molar-refractivity contribution in [2.75, 3.05) is 11.4 Å². The van der Waals surface area contributed by atoms with E-state index in [4.69, 9.17) is 0 Å². The van der Waals surface area contributed by atoms with E-state index < -0.39 is 0 Å². The van der Waals surface area contributed by atoms with Gasteiger partial charge in [-0.15, -0.1) is 0 Å². The zero-order valence-corrected chi connectivity index (χ0v) is 11.8. The number of hydrogen-bond acceptors (Lipinski definition) is 6. The normalized spacial score (nSPS) is 18.7. The van der Waals surface area contributed by atoms with Crippen LogP contribution in [0.5, 0.6) is 0 Å². The van der Waals surface area contributed by atoms with Gasteiger partial charge in [-0.05, 0) is 12.8 Å². The van der Waals surface area contributed by atoms with Crippen LogP contribution in [0, 0.1) is 0 Å². The number of hydrogen-bond donors (Lipinski definition) is 0. The average molecular weight is 284 g/mol. The molecule has 4 rings (SSSR count). The van der Waals surface area contributed by atoms with Gasteiger partial charge in [-0.3, -0.25) is 9.36 Å². The highest BCUT2D eigenvalue weighted by molar-refractivity contribution is 5.86. The van der Waals surface area contributed by atoms with Crippen LogP contribution in [-0.4, -0.2) is 47.1 Å². The van der Waals surface area contributed by atoms with E-state index in [1.54, 1.807) is 23.7 Å². The smallest absolute Gasteiger partial charge is 0.163 e. The molecule has 3 aromatic rings. The molecule has 1 fully saturated rings. The quantitative estimate of drug-likeness (QED) is 0.702. The molecule has 1 aliphatic rings. The molecule has 8 nitrogen and oxygen atoms in total. The van der Waals surface area contributed by atoms with Crippen molar-refractivity contribution in [2.24, 2.45) is 7.05 Å². The first-order valence-corrected chi connectivity index (χ1v) is 7.04. The minimum Gasteiger partial charge on any atom is -0.351 e. The molecule has 0 spiro atoms. The van der Waals surface area contributed by atoms with E-state index in [1.165, 1.54) is 0 Å². The lowest BCUT2D eigenvalue weighted by Gasteiger charge is -2.25. The Morgan fingerprint density at radius 2 is 2.19 bits per heavy atom. The van der Waals surface area contributed by atoms with Gasteiger partial charge < -0.3 is 4.90 Å². The van der Waals surface area contributed by atoms with Crippen LogP contribution >= 0.6 is 0 Å². The molecule has 0 unspecified atom stereocenters. The van der Waals surface area contributed by atoms with Crippen molar-refractivity contribution in [3.05, 3.63) is 25.2 Å². The predicted octanol–water partition coefficient (Wildman–Crippen LogP) is 0.624. The van der Waals surface area contributed by atoms with Crippen LogP contribution in [-0.2, 0) is 13.6 Å². The molecule has 4 heterocycles. The second kappa shape index (κ2) is 4.80. The Morgan fingerprint density at radius 3 is 3.05 bits per heavy atom. The summed E-state index contributed by atoms with van der Waals surface area (Å²) in [4.78, 5) is 15.2. The molecular weight excluding hydrogens is 268 g/mol. The summed E-state index contributed by atoms with van der Waals surface area (Å²) in [5, 5.41) is 9.50. The molecule has 1 atom stereocenters. The van der Waals surface area contributed by atoms with Crippen molar-refractivity contribution in [1.29, 1.82) is 0 Å². The third-order valence-corrected chi connectivity index (χ3v) is 4.02. The van der Waals surface area contributed by atoms with Crippen molar-refractivity contribution in [3.8, 4) is 0 Å². The first kappa shape index (κ1) is 12.2. The molecule has 8 heteroatoms. The Kier molecular flexibility index (Phi) is 2.80. The molecule has 0 amide bonds. The summed E-state index contributed by atoms with van der Waals surface area (Å²) >= 11 is 0. The fraction of sp³-hybridized carbons (Fsp3) is 0.462. The first-order chi connectivity index (χ1) is 10.3. The van der Waals surface area contributed by atoms with E-state index in [0.717, 1.165) is 42.8 Å². The minimum absolute atomic E-state index is 0.380. The van der Waals surface area contributed by atoms with Gasteiger partial charge in [0.25, 0.3) is 0 Å². The topological polar surface area (TPSA) is 77.5 Å². The molecule has 0 N–H and O–H groups in total. The molecule has 0 bridgehead atoms. The molecule has 1 aliphatic heterocycles. The molecule has 0 saturated carbocycles. The Balaban J connectivity index is 1.70. The summed E-state index contributed by atoms with van der Waals surface area (Å²) in [5.74, 6) is 0.968. The molecule has 1 saturated heterocycles. The monoisotopic (exact) mass is 284 g/mol. The zero-order chi connectivity index (χ0) is 14.2. The van der Waals surface area contributed by atoms with Gasteiger partial charge in [0.05, 0.1) is 24.2 Å². The van der Waals surface area contributed by atoms with Crippen molar-refractivity contribution >= 4 is 16.9 Å². The van der Waals surface area contributed by atoms with Gasteiger partial charge in [-0.1, -0.05) is 0 Å². The molecule has 0 radical (unpaired) electrons. The second-order valence-corrected chi connectivity index (χ2v) is 5.31. The molecule has 0 aromatic carbocycles. The summed E-state index contributed by atoms with van der Waals surface area (Å²) in [6.07, 6.45) is 9.08. The molecule has 21 heavy (non-hydrogen) atoms. The van der Waals surface area contributed by atoms with Crippen LogP contribution in [0.2, 0.25) is 0 Å². The number of fused-ring (bicyclic) bond motifs is 1. The van der Waals surface area contributed by atoms with Crippen LogP contribution < -0.4 is 4.90 Å². The van der Waals surface area contributed by atoms with E-state index in [1.807, 2.05) is 17.9 Å². The van der Waals surface area contributed by atoms with Crippen LogP contribution in [0.15, 0.2) is 25.2 Å². The zero-order valence-electron chi connectivity index (χ0n) is 11.8. The Morgan fingerprint density at radius 1 is 1.24 bits per heavy atom. The lowest BCUT2D eigenvalue weighted by atomic mass is 10.2. The highest BCUT2D eigenvalue weighted by Crippen LogP contribution is 2.29. The third kappa shape index (κ3) is 2.03. The third-order valence-electron chi connectivity index (χ3n) is 4.02. The first-order valence-electron chi connectivity index (χ1n) is 7.04. The van der Waals surface area contributed by atoms with Crippen LogP contribution in [0.25, 0.3) is 11.0 Å². The van der Waals surface area contributed by atoms with Crippen molar-refractivity contribution < 1.29 is 0 Å². The van der Waals surface area contributed by atoms with E-state index in [-0.39, 0.29) is 0 Å². The van der Waals surface area contributed by atoms with Crippen LogP contribution in [0.1, 0.15) is 12.8 Å². The molecular formula is C13H16N8.